The Hall–Kier alpha value is -0.570. The molecule has 0 aliphatic heterocycles. The van der Waals surface area contributed by atoms with Crippen molar-refractivity contribution in [3.05, 3.63) is 34.3 Å². The first kappa shape index (κ1) is 10.5. The van der Waals surface area contributed by atoms with Gasteiger partial charge in [-0.15, -0.1) is 0 Å². The van der Waals surface area contributed by atoms with Crippen LogP contribution in [0.5, 0.6) is 0 Å². The third kappa shape index (κ3) is 2.69. The van der Waals surface area contributed by atoms with Crippen LogP contribution in [0.1, 0.15) is 23.7 Å². The lowest BCUT2D eigenvalue weighted by atomic mass is 10.0. The fourth-order valence-corrected chi connectivity index (χ4v) is 1.48. The summed E-state index contributed by atoms with van der Waals surface area (Å²) in [5, 5.41) is 10.3. The molecule has 0 saturated heterocycles. The van der Waals surface area contributed by atoms with E-state index in [1.807, 2.05) is 19.1 Å². The quantitative estimate of drug-likeness (QED) is 0.783. The molecule has 13 heavy (non-hydrogen) atoms. The molecule has 1 rings (SSSR count). The largest absolute Gasteiger partial charge is 0.388 e. The monoisotopic (exact) mass is 199 g/mol. The Bertz CT molecular complexity index is 288. The first-order valence-electron chi connectivity index (χ1n) is 4.29. The number of halogens is 1. The van der Waals surface area contributed by atoms with Gasteiger partial charge in [-0.3, -0.25) is 0 Å². The number of aliphatic hydroxyl groups is 1. The van der Waals surface area contributed by atoms with Crippen LogP contribution >= 0.6 is 11.6 Å². The smallest absolute Gasteiger partial charge is 0.0816 e. The Morgan fingerprint density at radius 3 is 2.85 bits per heavy atom. The molecule has 0 saturated carbocycles. The van der Waals surface area contributed by atoms with Gasteiger partial charge in [-0.25, -0.2) is 0 Å². The van der Waals surface area contributed by atoms with Gasteiger partial charge in [-0.2, -0.15) is 0 Å². The first-order valence-corrected chi connectivity index (χ1v) is 4.67. The SMILES string of the molecule is Cc1ccc(Cl)c([C@@H](O)CCN)c1. The number of aliphatic hydroxyl groups excluding tert-OH is 1. The van der Waals surface area contributed by atoms with Gasteiger partial charge in [0.05, 0.1) is 6.10 Å². The predicted molar refractivity (Wildman–Crippen MR) is 54.8 cm³/mol. The number of benzene rings is 1. The van der Waals surface area contributed by atoms with Gasteiger partial charge >= 0.3 is 0 Å². The minimum absolute atomic E-state index is 0.464. The van der Waals surface area contributed by atoms with Gasteiger partial charge in [0.2, 0.25) is 0 Å². The molecule has 0 aliphatic rings. The average Bonchev–Trinajstić information content (AvgIpc) is 2.09. The minimum Gasteiger partial charge on any atom is -0.388 e. The standard InChI is InChI=1S/C10H14ClNO/c1-7-2-3-9(11)8(6-7)10(13)4-5-12/h2-3,6,10,13H,4-5,12H2,1H3/t10-/m0/s1. The van der Waals surface area contributed by atoms with Crippen LogP contribution in [-0.2, 0) is 0 Å². The Morgan fingerprint density at radius 1 is 1.54 bits per heavy atom. The van der Waals surface area contributed by atoms with Crippen molar-refractivity contribution in [2.45, 2.75) is 19.4 Å². The van der Waals surface area contributed by atoms with E-state index >= 15 is 0 Å². The minimum atomic E-state index is -0.544. The lowest BCUT2D eigenvalue weighted by molar-refractivity contribution is 0.170. The Kier molecular flexibility index (Phi) is 3.72. The fraction of sp³-hybridized carbons (Fsp3) is 0.400. The van der Waals surface area contributed by atoms with Crippen molar-refractivity contribution in [3.63, 3.8) is 0 Å². The predicted octanol–water partition coefficient (Wildman–Crippen LogP) is 2.03. The van der Waals surface area contributed by atoms with Crippen molar-refractivity contribution in [2.75, 3.05) is 6.54 Å². The Balaban J connectivity index is 2.91. The molecule has 0 heterocycles. The summed E-state index contributed by atoms with van der Waals surface area (Å²) in [4.78, 5) is 0. The summed E-state index contributed by atoms with van der Waals surface area (Å²) in [5.41, 5.74) is 7.22. The highest BCUT2D eigenvalue weighted by molar-refractivity contribution is 6.31. The molecule has 3 heteroatoms. The van der Waals surface area contributed by atoms with Crippen LogP contribution in [0.4, 0.5) is 0 Å². The number of hydrogen-bond donors (Lipinski definition) is 2. The van der Waals surface area contributed by atoms with E-state index in [0.717, 1.165) is 11.1 Å². The second-order valence-electron chi connectivity index (χ2n) is 3.12. The molecular formula is C10H14ClNO. The zero-order valence-corrected chi connectivity index (χ0v) is 8.38. The number of rotatable bonds is 3. The molecule has 0 fully saturated rings. The van der Waals surface area contributed by atoms with Crippen LogP contribution < -0.4 is 5.73 Å². The highest BCUT2D eigenvalue weighted by Crippen LogP contribution is 2.25. The van der Waals surface area contributed by atoms with Gasteiger partial charge < -0.3 is 10.8 Å². The molecule has 0 radical (unpaired) electrons. The van der Waals surface area contributed by atoms with Crippen LogP contribution in [0, 0.1) is 6.92 Å². The van der Waals surface area contributed by atoms with Crippen LogP contribution in [-0.4, -0.2) is 11.7 Å². The molecule has 0 spiro atoms. The Morgan fingerprint density at radius 2 is 2.23 bits per heavy atom. The maximum atomic E-state index is 9.66. The topological polar surface area (TPSA) is 46.2 Å². The van der Waals surface area contributed by atoms with Crippen molar-refractivity contribution < 1.29 is 5.11 Å². The zero-order chi connectivity index (χ0) is 9.84. The number of aryl methyl sites for hydroxylation is 1. The molecular weight excluding hydrogens is 186 g/mol. The van der Waals surface area contributed by atoms with E-state index in [9.17, 15) is 5.11 Å². The molecule has 3 N–H and O–H groups in total. The van der Waals surface area contributed by atoms with Gasteiger partial charge in [-0.1, -0.05) is 29.3 Å². The molecule has 1 aromatic carbocycles. The van der Waals surface area contributed by atoms with Crippen LogP contribution in [0.2, 0.25) is 5.02 Å². The number of nitrogens with two attached hydrogens (primary N) is 1. The lowest BCUT2D eigenvalue weighted by Crippen LogP contribution is -2.07. The van der Waals surface area contributed by atoms with Crippen molar-refractivity contribution >= 4 is 11.6 Å². The van der Waals surface area contributed by atoms with E-state index in [1.165, 1.54) is 0 Å². The highest BCUT2D eigenvalue weighted by Gasteiger charge is 2.10. The second-order valence-corrected chi connectivity index (χ2v) is 3.53. The lowest BCUT2D eigenvalue weighted by Gasteiger charge is -2.11. The molecule has 0 unspecified atom stereocenters. The molecule has 0 aliphatic carbocycles. The highest BCUT2D eigenvalue weighted by atomic mass is 35.5. The third-order valence-electron chi connectivity index (χ3n) is 1.95. The fourth-order valence-electron chi connectivity index (χ4n) is 1.23. The normalized spacial score (nSPS) is 12.9. The van der Waals surface area contributed by atoms with Crippen LogP contribution in [0.15, 0.2) is 18.2 Å². The summed E-state index contributed by atoms with van der Waals surface area (Å²) in [7, 11) is 0. The molecule has 0 bridgehead atoms. The molecule has 1 atom stereocenters. The first-order chi connectivity index (χ1) is 6.15. The molecule has 0 amide bonds. The van der Waals surface area contributed by atoms with Gasteiger partial charge in [-0.05, 0) is 31.5 Å². The van der Waals surface area contributed by atoms with E-state index in [2.05, 4.69) is 0 Å². The molecule has 1 aromatic rings. The summed E-state index contributed by atoms with van der Waals surface area (Å²) in [6.07, 6.45) is 0.000741. The van der Waals surface area contributed by atoms with Crippen molar-refractivity contribution in [3.8, 4) is 0 Å². The summed E-state index contributed by atoms with van der Waals surface area (Å²) < 4.78 is 0. The molecule has 2 nitrogen and oxygen atoms in total. The molecule has 0 aromatic heterocycles. The van der Waals surface area contributed by atoms with Crippen molar-refractivity contribution in [1.82, 2.24) is 0 Å². The summed E-state index contributed by atoms with van der Waals surface area (Å²) in [6, 6.07) is 5.61. The van der Waals surface area contributed by atoms with E-state index in [-0.39, 0.29) is 0 Å². The van der Waals surface area contributed by atoms with Crippen molar-refractivity contribution in [1.29, 1.82) is 0 Å². The maximum Gasteiger partial charge on any atom is 0.0816 e. The summed E-state index contributed by atoms with van der Waals surface area (Å²) >= 11 is 5.93. The van der Waals surface area contributed by atoms with E-state index in [0.29, 0.717) is 18.0 Å². The van der Waals surface area contributed by atoms with E-state index in [4.69, 9.17) is 17.3 Å². The number of hydrogen-bond acceptors (Lipinski definition) is 2. The summed E-state index contributed by atoms with van der Waals surface area (Å²) in [6.45, 7) is 2.43. The van der Waals surface area contributed by atoms with Crippen LogP contribution in [0.25, 0.3) is 0 Å². The van der Waals surface area contributed by atoms with E-state index < -0.39 is 6.10 Å². The van der Waals surface area contributed by atoms with Crippen molar-refractivity contribution in [2.24, 2.45) is 5.73 Å². The van der Waals surface area contributed by atoms with E-state index in [1.54, 1.807) is 6.07 Å². The van der Waals surface area contributed by atoms with Gasteiger partial charge in [0, 0.05) is 5.02 Å². The maximum absolute atomic E-state index is 9.66. The second kappa shape index (κ2) is 4.61. The van der Waals surface area contributed by atoms with Crippen LogP contribution in [0.3, 0.4) is 0 Å². The molecule has 72 valence electrons. The van der Waals surface area contributed by atoms with Gasteiger partial charge in [0.1, 0.15) is 0 Å². The zero-order valence-electron chi connectivity index (χ0n) is 7.63. The van der Waals surface area contributed by atoms with Gasteiger partial charge in [0.25, 0.3) is 0 Å². The third-order valence-corrected chi connectivity index (χ3v) is 2.29. The Labute approximate surface area is 83.3 Å². The average molecular weight is 200 g/mol. The summed E-state index contributed by atoms with van der Waals surface area (Å²) in [5.74, 6) is 0. The van der Waals surface area contributed by atoms with Gasteiger partial charge in [0.15, 0.2) is 0 Å².